The Bertz CT molecular complexity index is 134. The third kappa shape index (κ3) is 2.35. The van der Waals surface area contributed by atoms with Crippen molar-refractivity contribution >= 4 is 0 Å². The van der Waals surface area contributed by atoms with E-state index in [4.69, 9.17) is 0 Å². The van der Waals surface area contributed by atoms with E-state index in [1.807, 2.05) is 30.3 Å². The molecule has 0 fully saturated rings. The molecule has 0 amide bonds. The SMILES string of the molecule is [CH2-]c1ccccc1.[Cd]. The van der Waals surface area contributed by atoms with E-state index in [0.29, 0.717) is 0 Å². The molecule has 0 aliphatic rings. The minimum absolute atomic E-state index is 0. The first-order valence-corrected chi connectivity index (χ1v) is 2.26. The molecule has 0 aliphatic heterocycles. The van der Waals surface area contributed by atoms with Gasteiger partial charge in [-0.3, -0.25) is 0 Å². The van der Waals surface area contributed by atoms with Gasteiger partial charge in [0.2, 0.25) is 0 Å². The maximum absolute atomic E-state index is 3.72. The summed E-state index contributed by atoms with van der Waals surface area (Å²) in [4.78, 5) is 0. The molecule has 0 atom stereocenters. The number of hydrogen-bond acceptors (Lipinski definition) is 0. The Labute approximate surface area is 70.1 Å². The summed E-state index contributed by atoms with van der Waals surface area (Å²) in [6.07, 6.45) is 0. The van der Waals surface area contributed by atoms with Crippen LogP contribution in [0.4, 0.5) is 0 Å². The maximum atomic E-state index is 3.72. The first kappa shape index (κ1) is 8.01. The van der Waals surface area contributed by atoms with Gasteiger partial charge in [0.1, 0.15) is 0 Å². The summed E-state index contributed by atoms with van der Waals surface area (Å²) in [5.41, 5.74) is 1.07. The summed E-state index contributed by atoms with van der Waals surface area (Å²) >= 11 is 0. The summed E-state index contributed by atoms with van der Waals surface area (Å²) in [5, 5.41) is 0. The van der Waals surface area contributed by atoms with E-state index in [1.165, 1.54) is 0 Å². The molecule has 1 aromatic carbocycles. The Kier molecular flexibility index (Phi) is 3.95. The van der Waals surface area contributed by atoms with Crippen molar-refractivity contribution in [1.82, 2.24) is 0 Å². The fourth-order valence-corrected chi connectivity index (χ4v) is 0.478. The van der Waals surface area contributed by atoms with Crippen LogP contribution >= 0.6 is 0 Å². The number of hydrogen-bond donors (Lipinski definition) is 0. The van der Waals surface area contributed by atoms with Gasteiger partial charge in [-0.15, -0.1) is 12.1 Å². The predicted octanol–water partition coefficient (Wildman–Crippen LogP) is 1.87. The summed E-state index contributed by atoms with van der Waals surface area (Å²) in [7, 11) is 0. The number of rotatable bonds is 0. The minimum Gasteiger partial charge on any atom is -0.199 e. The van der Waals surface area contributed by atoms with Crippen molar-refractivity contribution < 1.29 is 27.3 Å². The quantitative estimate of drug-likeness (QED) is 0.446. The smallest absolute Gasteiger partial charge is 0 e. The van der Waals surface area contributed by atoms with Gasteiger partial charge >= 0.3 is 0 Å². The second kappa shape index (κ2) is 3.95. The molecule has 0 heterocycles. The van der Waals surface area contributed by atoms with Crippen LogP contribution in [0.2, 0.25) is 0 Å². The first-order chi connectivity index (χ1) is 3.39. The van der Waals surface area contributed by atoms with Crippen molar-refractivity contribution in [3.63, 3.8) is 0 Å². The van der Waals surface area contributed by atoms with E-state index in [9.17, 15) is 0 Å². The van der Waals surface area contributed by atoms with E-state index < -0.39 is 0 Å². The minimum atomic E-state index is 0. The Morgan fingerprint density at radius 2 is 1.50 bits per heavy atom. The maximum Gasteiger partial charge on any atom is 0 e. The molecule has 1 aromatic rings. The van der Waals surface area contributed by atoms with Gasteiger partial charge in [0, 0.05) is 27.3 Å². The van der Waals surface area contributed by atoms with E-state index in [1.54, 1.807) is 0 Å². The molecule has 0 saturated carbocycles. The van der Waals surface area contributed by atoms with Crippen LogP contribution < -0.4 is 0 Å². The molecule has 0 aromatic heterocycles. The molecule has 0 spiro atoms. The van der Waals surface area contributed by atoms with Gasteiger partial charge in [-0.05, 0) is 0 Å². The second-order valence-corrected chi connectivity index (χ2v) is 1.49. The van der Waals surface area contributed by atoms with Crippen molar-refractivity contribution in [2.45, 2.75) is 0 Å². The van der Waals surface area contributed by atoms with Crippen LogP contribution in [-0.2, 0) is 27.3 Å². The summed E-state index contributed by atoms with van der Waals surface area (Å²) in [6.45, 7) is 3.72. The number of benzene rings is 1. The molecule has 1 rings (SSSR count). The van der Waals surface area contributed by atoms with Gasteiger partial charge < -0.3 is 0 Å². The average Bonchev–Trinajstić information content (AvgIpc) is 1.69. The molecule has 38 valence electrons. The second-order valence-electron chi connectivity index (χ2n) is 1.49. The van der Waals surface area contributed by atoms with Crippen LogP contribution in [0, 0.1) is 6.92 Å². The Morgan fingerprint density at radius 3 is 1.75 bits per heavy atom. The van der Waals surface area contributed by atoms with Crippen molar-refractivity contribution in [2.24, 2.45) is 0 Å². The third-order valence-electron chi connectivity index (χ3n) is 0.843. The Balaban J connectivity index is 0.000000490. The van der Waals surface area contributed by atoms with Gasteiger partial charge in [-0.25, -0.2) is 0 Å². The molecular formula is C7H7Cd-. The summed E-state index contributed by atoms with van der Waals surface area (Å²) < 4.78 is 0. The van der Waals surface area contributed by atoms with E-state index in [2.05, 4.69) is 6.92 Å². The van der Waals surface area contributed by atoms with Crippen molar-refractivity contribution in [2.75, 3.05) is 0 Å². The summed E-state index contributed by atoms with van der Waals surface area (Å²) in [5.74, 6) is 0. The molecule has 0 radical (unpaired) electrons. The van der Waals surface area contributed by atoms with Crippen LogP contribution in [-0.4, -0.2) is 0 Å². The molecule has 0 unspecified atom stereocenters. The fraction of sp³-hybridized carbons (Fsp3) is 0. The summed E-state index contributed by atoms with van der Waals surface area (Å²) in [6, 6.07) is 9.87. The zero-order valence-electron chi connectivity index (χ0n) is 4.80. The first-order valence-electron chi connectivity index (χ1n) is 2.26. The Morgan fingerprint density at radius 1 is 1.00 bits per heavy atom. The van der Waals surface area contributed by atoms with Crippen molar-refractivity contribution in [3.8, 4) is 0 Å². The molecule has 0 saturated heterocycles. The van der Waals surface area contributed by atoms with Crippen LogP contribution in [0.15, 0.2) is 30.3 Å². The van der Waals surface area contributed by atoms with E-state index in [0.717, 1.165) is 5.56 Å². The molecular weight excluding hydrogens is 196 g/mol. The molecule has 0 bridgehead atoms. The van der Waals surface area contributed by atoms with Crippen LogP contribution in [0.25, 0.3) is 0 Å². The molecule has 1 heteroatoms. The zero-order valence-corrected chi connectivity index (χ0v) is 8.84. The standard InChI is InChI=1S/C7H7.Cd/c1-7-5-3-2-4-6-7;/h2-6H,1H2;/q-1;. The van der Waals surface area contributed by atoms with Gasteiger partial charge in [0.05, 0.1) is 0 Å². The van der Waals surface area contributed by atoms with Crippen LogP contribution in [0.5, 0.6) is 0 Å². The van der Waals surface area contributed by atoms with Gasteiger partial charge in [0.25, 0.3) is 0 Å². The van der Waals surface area contributed by atoms with Crippen molar-refractivity contribution in [3.05, 3.63) is 42.8 Å². The van der Waals surface area contributed by atoms with Crippen LogP contribution in [0.1, 0.15) is 5.56 Å². The molecule has 0 nitrogen and oxygen atoms in total. The molecule has 8 heavy (non-hydrogen) atoms. The molecule has 0 N–H and O–H groups in total. The average molecular weight is 204 g/mol. The van der Waals surface area contributed by atoms with Gasteiger partial charge in [-0.1, -0.05) is 6.07 Å². The van der Waals surface area contributed by atoms with E-state index in [-0.39, 0.29) is 27.3 Å². The fourth-order valence-electron chi connectivity index (χ4n) is 0.478. The van der Waals surface area contributed by atoms with Gasteiger partial charge in [-0.2, -0.15) is 24.6 Å². The normalized spacial score (nSPS) is 7.50. The monoisotopic (exact) mass is 205 g/mol. The van der Waals surface area contributed by atoms with Gasteiger partial charge in [0.15, 0.2) is 0 Å². The zero-order chi connectivity index (χ0) is 5.11. The Hall–Kier alpha value is 0.0121. The largest absolute Gasteiger partial charge is 0.199 e. The predicted molar refractivity (Wildman–Crippen MR) is 30.9 cm³/mol. The topological polar surface area (TPSA) is 0 Å². The third-order valence-corrected chi connectivity index (χ3v) is 0.843. The molecule has 0 aliphatic carbocycles. The van der Waals surface area contributed by atoms with E-state index >= 15 is 0 Å². The van der Waals surface area contributed by atoms with Crippen molar-refractivity contribution in [1.29, 1.82) is 0 Å². The van der Waals surface area contributed by atoms with Crippen LogP contribution in [0.3, 0.4) is 0 Å².